The van der Waals surface area contributed by atoms with Crippen molar-refractivity contribution in [3.05, 3.63) is 16.3 Å². The van der Waals surface area contributed by atoms with Crippen LogP contribution in [0.1, 0.15) is 0 Å². The van der Waals surface area contributed by atoms with Gasteiger partial charge in [0.25, 0.3) is 0 Å². The SMILES string of the molecule is CNc1ncc([N+](=O)[O-])c(N2CCNC(=O)C2)n1. The molecule has 2 N–H and O–H groups in total. The number of nitro groups is 1. The van der Waals surface area contributed by atoms with Gasteiger partial charge in [-0.15, -0.1) is 0 Å². The van der Waals surface area contributed by atoms with Crippen LogP contribution in [0.5, 0.6) is 0 Å². The number of carbonyl (C=O) groups excluding carboxylic acids is 1. The molecule has 9 nitrogen and oxygen atoms in total. The molecule has 18 heavy (non-hydrogen) atoms. The predicted molar refractivity (Wildman–Crippen MR) is 63.5 cm³/mol. The normalized spacial score (nSPS) is 15.2. The van der Waals surface area contributed by atoms with E-state index in [0.29, 0.717) is 13.1 Å². The van der Waals surface area contributed by atoms with Crippen LogP contribution in [0.3, 0.4) is 0 Å². The van der Waals surface area contributed by atoms with E-state index in [0.717, 1.165) is 6.20 Å². The highest BCUT2D eigenvalue weighted by Crippen LogP contribution is 2.26. The summed E-state index contributed by atoms with van der Waals surface area (Å²) in [6.07, 6.45) is 1.14. The van der Waals surface area contributed by atoms with Crippen LogP contribution in [-0.4, -0.2) is 47.5 Å². The average molecular weight is 252 g/mol. The van der Waals surface area contributed by atoms with Crippen LogP contribution in [0.2, 0.25) is 0 Å². The maximum atomic E-state index is 11.3. The molecule has 0 saturated carbocycles. The van der Waals surface area contributed by atoms with Crippen molar-refractivity contribution < 1.29 is 9.72 Å². The number of hydrogen-bond acceptors (Lipinski definition) is 7. The van der Waals surface area contributed by atoms with Crippen molar-refractivity contribution in [2.24, 2.45) is 0 Å². The van der Waals surface area contributed by atoms with Crippen LogP contribution in [0.15, 0.2) is 6.20 Å². The lowest BCUT2D eigenvalue weighted by atomic mass is 10.3. The number of carbonyl (C=O) groups is 1. The van der Waals surface area contributed by atoms with E-state index < -0.39 is 4.92 Å². The van der Waals surface area contributed by atoms with Gasteiger partial charge in [-0.1, -0.05) is 0 Å². The largest absolute Gasteiger partial charge is 0.357 e. The molecule has 1 saturated heterocycles. The molecule has 0 aromatic carbocycles. The average Bonchev–Trinajstić information content (AvgIpc) is 2.38. The minimum Gasteiger partial charge on any atom is -0.357 e. The maximum Gasteiger partial charge on any atom is 0.329 e. The first-order valence-corrected chi connectivity index (χ1v) is 5.32. The van der Waals surface area contributed by atoms with E-state index in [4.69, 9.17) is 0 Å². The van der Waals surface area contributed by atoms with E-state index in [1.807, 2.05) is 0 Å². The zero-order valence-corrected chi connectivity index (χ0v) is 9.71. The summed E-state index contributed by atoms with van der Waals surface area (Å²) in [5, 5.41) is 16.3. The lowest BCUT2D eigenvalue weighted by molar-refractivity contribution is -0.384. The highest BCUT2D eigenvalue weighted by Gasteiger charge is 2.26. The Morgan fingerprint density at radius 2 is 2.39 bits per heavy atom. The van der Waals surface area contributed by atoms with Crippen molar-refractivity contribution in [2.45, 2.75) is 0 Å². The number of piperazine rings is 1. The number of aromatic nitrogens is 2. The van der Waals surface area contributed by atoms with Gasteiger partial charge in [0.2, 0.25) is 17.7 Å². The Labute approximate surface area is 102 Å². The summed E-state index contributed by atoms with van der Waals surface area (Å²) in [4.78, 5) is 31.1. The Hall–Kier alpha value is -2.45. The van der Waals surface area contributed by atoms with Crippen molar-refractivity contribution in [1.29, 1.82) is 0 Å². The van der Waals surface area contributed by atoms with Crippen LogP contribution in [0.4, 0.5) is 17.5 Å². The molecule has 1 aromatic heterocycles. The Morgan fingerprint density at radius 3 is 3.00 bits per heavy atom. The molecule has 1 aliphatic rings. The summed E-state index contributed by atoms with van der Waals surface area (Å²) in [5.74, 6) is 0.260. The van der Waals surface area contributed by atoms with Gasteiger partial charge in [0.05, 0.1) is 11.5 Å². The highest BCUT2D eigenvalue weighted by atomic mass is 16.6. The van der Waals surface area contributed by atoms with Crippen molar-refractivity contribution in [2.75, 3.05) is 36.9 Å². The van der Waals surface area contributed by atoms with Crippen LogP contribution >= 0.6 is 0 Å². The summed E-state index contributed by atoms with van der Waals surface area (Å²) in [6, 6.07) is 0. The minimum absolute atomic E-state index is 0.0566. The van der Waals surface area contributed by atoms with E-state index in [1.54, 1.807) is 11.9 Å². The molecule has 2 rings (SSSR count). The van der Waals surface area contributed by atoms with Crippen LogP contribution < -0.4 is 15.5 Å². The third kappa shape index (κ3) is 2.29. The van der Waals surface area contributed by atoms with E-state index in [1.165, 1.54) is 0 Å². The Bertz CT molecular complexity index is 491. The fourth-order valence-electron chi connectivity index (χ4n) is 1.67. The number of amides is 1. The molecule has 1 fully saturated rings. The molecular formula is C9H12N6O3. The molecule has 0 bridgehead atoms. The number of nitrogens with one attached hydrogen (secondary N) is 2. The van der Waals surface area contributed by atoms with Gasteiger partial charge in [0, 0.05) is 20.1 Å². The van der Waals surface area contributed by atoms with Gasteiger partial charge in [-0.3, -0.25) is 14.9 Å². The molecule has 9 heteroatoms. The molecule has 1 amide bonds. The zero-order valence-electron chi connectivity index (χ0n) is 9.71. The molecule has 96 valence electrons. The van der Waals surface area contributed by atoms with Gasteiger partial charge < -0.3 is 15.5 Å². The molecule has 1 aliphatic heterocycles. The second-order valence-electron chi connectivity index (χ2n) is 3.68. The maximum absolute atomic E-state index is 11.3. The van der Waals surface area contributed by atoms with Gasteiger partial charge in [0.1, 0.15) is 6.20 Å². The Kier molecular flexibility index (Phi) is 3.22. The predicted octanol–water partition coefficient (Wildman–Crippen LogP) is -0.637. The van der Waals surface area contributed by atoms with E-state index >= 15 is 0 Å². The number of hydrogen-bond donors (Lipinski definition) is 2. The van der Waals surface area contributed by atoms with E-state index in [2.05, 4.69) is 20.6 Å². The summed E-state index contributed by atoms with van der Waals surface area (Å²) < 4.78 is 0. The fraction of sp³-hybridized carbons (Fsp3) is 0.444. The molecule has 0 radical (unpaired) electrons. The summed E-state index contributed by atoms with van der Waals surface area (Å²) in [6.45, 7) is 0.975. The second-order valence-corrected chi connectivity index (χ2v) is 3.68. The second kappa shape index (κ2) is 4.82. The topological polar surface area (TPSA) is 113 Å². The number of anilines is 2. The van der Waals surface area contributed by atoms with Gasteiger partial charge in [0.15, 0.2) is 0 Å². The smallest absolute Gasteiger partial charge is 0.329 e. The first-order chi connectivity index (χ1) is 8.61. The first kappa shape index (κ1) is 12.0. The first-order valence-electron chi connectivity index (χ1n) is 5.32. The summed E-state index contributed by atoms with van der Waals surface area (Å²) in [5.41, 5.74) is -0.205. The fourth-order valence-corrected chi connectivity index (χ4v) is 1.67. The van der Waals surface area contributed by atoms with Gasteiger partial charge in [-0.2, -0.15) is 4.98 Å². The quantitative estimate of drug-likeness (QED) is 0.543. The third-order valence-electron chi connectivity index (χ3n) is 2.51. The van der Waals surface area contributed by atoms with Crippen molar-refractivity contribution in [1.82, 2.24) is 15.3 Å². The van der Waals surface area contributed by atoms with Crippen LogP contribution in [0, 0.1) is 10.1 Å². The standard InChI is InChI=1S/C9H12N6O3/c1-10-9-12-4-6(15(17)18)8(13-9)14-3-2-11-7(16)5-14/h4H,2-3,5H2,1H3,(H,11,16)(H,10,12,13). The van der Waals surface area contributed by atoms with Gasteiger partial charge >= 0.3 is 5.69 Å². The van der Waals surface area contributed by atoms with E-state index in [-0.39, 0.29) is 29.9 Å². The molecule has 0 unspecified atom stereocenters. The lowest BCUT2D eigenvalue weighted by Crippen LogP contribution is -2.48. The highest BCUT2D eigenvalue weighted by molar-refractivity contribution is 5.83. The Balaban J connectivity index is 2.39. The van der Waals surface area contributed by atoms with Crippen molar-refractivity contribution in [3.63, 3.8) is 0 Å². The van der Waals surface area contributed by atoms with Crippen molar-refractivity contribution in [3.8, 4) is 0 Å². The zero-order chi connectivity index (χ0) is 13.1. The molecule has 0 atom stereocenters. The molecule has 1 aromatic rings. The lowest BCUT2D eigenvalue weighted by Gasteiger charge is -2.27. The Morgan fingerprint density at radius 1 is 1.61 bits per heavy atom. The molecule has 0 spiro atoms. The van der Waals surface area contributed by atoms with Crippen LogP contribution in [-0.2, 0) is 4.79 Å². The monoisotopic (exact) mass is 252 g/mol. The van der Waals surface area contributed by atoms with E-state index in [9.17, 15) is 14.9 Å². The van der Waals surface area contributed by atoms with Gasteiger partial charge in [-0.05, 0) is 0 Å². The van der Waals surface area contributed by atoms with Crippen LogP contribution in [0.25, 0.3) is 0 Å². The third-order valence-corrected chi connectivity index (χ3v) is 2.51. The minimum atomic E-state index is -0.554. The number of rotatable bonds is 3. The molecular weight excluding hydrogens is 240 g/mol. The summed E-state index contributed by atoms with van der Waals surface area (Å²) in [7, 11) is 1.62. The summed E-state index contributed by atoms with van der Waals surface area (Å²) >= 11 is 0. The van der Waals surface area contributed by atoms with Gasteiger partial charge in [-0.25, -0.2) is 4.98 Å². The number of nitrogens with zero attached hydrogens (tertiary/aromatic N) is 4. The molecule has 2 heterocycles. The van der Waals surface area contributed by atoms with Crippen molar-refractivity contribution >= 4 is 23.4 Å². The molecule has 0 aliphatic carbocycles.